The van der Waals surface area contributed by atoms with E-state index in [9.17, 15) is 4.79 Å². The lowest BCUT2D eigenvalue weighted by Crippen LogP contribution is -2.24. The van der Waals surface area contributed by atoms with Crippen LogP contribution in [-0.2, 0) is 6.42 Å². The number of fused-ring (bicyclic) bond motifs is 1. The third kappa shape index (κ3) is 1.71. The molecule has 1 aromatic carbocycles. The van der Waals surface area contributed by atoms with Crippen molar-refractivity contribution in [3.63, 3.8) is 0 Å². The highest BCUT2D eigenvalue weighted by atomic mass is 16.1. The molecule has 4 nitrogen and oxygen atoms in total. The number of H-pyrrole nitrogens is 1. The second-order valence-corrected chi connectivity index (χ2v) is 4.15. The van der Waals surface area contributed by atoms with Crippen LogP contribution in [0.4, 0.5) is 5.69 Å². The average molecular weight is 227 g/mol. The van der Waals surface area contributed by atoms with Gasteiger partial charge in [-0.25, -0.2) is 5.10 Å². The summed E-state index contributed by atoms with van der Waals surface area (Å²) < 4.78 is 0. The minimum Gasteiger partial charge on any atom is -0.383 e. The monoisotopic (exact) mass is 227 g/mol. The number of nitrogens with one attached hydrogen (secondary N) is 2. The number of benzene rings is 1. The smallest absolute Gasteiger partial charge is 0.269 e. The van der Waals surface area contributed by atoms with Crippen LogP contribution in [0.1, 0.15) is 12.0 Å². The van der Waals surface area contributed by atoms with Crippen LogP contribution in [0, 0.1) is 0 Å². The maximum Gasteiger partial charge on any atom is 0.269 e. The molecular formula is C13H13N3O. The highest BCUT2D eigenvalue weighted by Crippen LogP contribution is 2.29. The summed E-state index contributed by atoms with van der Waals surface area (Å²) in [6, 6.07) is 9.90. The Labute approximate surface area is 98.7 Å². The topological polar surface area (TPSA) is 57.8 Å². The van der Waals surface area contributed by atoms with Crippen molar-refractivity contribution in [2.24, 2.45) is 0 Å². The van der Waals surface area contributed by atoms with Crippen LogP contribution in [0.3, 0.4) is 0 Å². The van der Waals surface area contributed by atoms with Crippen molar-refractivity contribution in [2.45, 2.75) is 12.8 Å². The zero-order chi connectivity index (χ0) is 11.7. The quantitative estimate of drug-likeness (QED) is 0.781. The number of rotatable bonds is 1. The van der Waals surface area contributed by atoms with E-state index in [0.29, 0.717) is 0 Å². The van der Waals surface area contributed by atoms with Crippen LogP contribution >= 0.6 is 0 Å². The van der Waals surface area contributed by atoms with E-state index in [-0.39, 0.29) is 5.56 Å². The molecule has 0 spiro atoms. The van der Waals surface area contributed by atoms with Gasteiger partial charge in [-0.3, -0.25) is 4.79 Å². The standard InChI is InChI=1S/C13H13N3O/c17-13-10-7-4-8-14-12(10)11(15-16-13)9-5-2-1-3-6-9/h1-3,5-6,14H,4,7-8H2,(H,16,17). The van der Waals surface area contributed by atoms with Crippen LogP contribution in [0.25, 0.3) is 11.3 Å². The van der Waals surface area contributed by atoms with Crippen LogP contribution in [-0.4, -0.2) is 16.7 Å². The van der Waals surface area contributed by atoms with Gasteiger partial charge in [0.2, 0.25) is 0 Å². The summed E-state index contributed by atoms with van der Waals surface area (Å²) in [5, 5.41) is 10.0. The molecule has 1 aliphatic rings. The van der Waals surface area contributed by atoms with Gasteiger partial charge in [0.05, 0.1) is 5.69 Å². The predicted octanol–water partition coefficient (Wildman–Crippen LogP) is 1.79. The Morgan fingerprint density at radius 1 is 1.18 bits per heavy atom. The number of aromatic amines is 1. The number of hydrogen-bond donors (Lipinski definition) is 2. The van der Waals surface area contributed by atoms with E-state index in [1.807, 2.05) is 30.3 Å². The first-order valence-electron chi connectivity index (χ1n) is 5.77. The molecule has 0 amide bonds. The van der Waals surface area contributed by atoms with Gasteiger partial charge in [-0.2, -0.15) is 5.10 Å². The molecule has 17 heavy (non-hydrogen) atoms. The normalized spacial score (nSPS) is 13.9. The maximum atomic E-state index is 11.7. The van der Waals surface area contributed by atoms with Crippen molar-refractivity contribution in [3.05, 3.63) is 46.2 Å². The van der Waals surface area contributed by atoms with Gasteiger partial charge in [0.25, 0.3) is 5.56 Å². The Kier molecular flexibility index (Phi) is 2.40. The first-order chi connectivity index (χ1) is 8.36. The van der Waals surface area contributed by atoms with Crippen LogP contribution in [0.2, 0.25) is 0 Å². The van der Waals surface area contributed by atoms with Crippen molar-refractivity contribution in [1.29, 1.82) is 0 Å². The molecule has 0 fully saturated rings. The Morgan fingerprint density at radius 2 is 2.00 bits per heavy atom. The van der Waals surface area contributed by atoms with Crippen molar-refractivity contribution in [3.8, 4) is 11.3 Å². The van der Waals surface area contributed by atoms with Gasteiger partial charge in [0.1, 0.15) is 5.69 Å². The van der Waals surface area contributed by atoms with Crippen LogP contribution in [0.15, 0.2) is 35.1 Å². The minimum atomic E-state index is -0.0770. The first kappa shape index (κ1) is 10.1. The van der Waals surface area contributed by atoms with Crippen molar-refractivity contribution < 1.29 is 0 Å². The Balaban J connectivity index is 2.22. The van der Waals surface area contributed by atoms with E-state index in [1.54, 1.807) is 0 Å². The van der Waals surface area contributed by atoms with Gasteiger partial charge in [0.15, 0.2) is 0 Å². The zero-order valence-electron chi connectivity index (χ0n) is 9.36. The van der Waals surface area contributed by atoms with E-state index in [1.165, 1.54) is 0 Å². The fourth-order valence-corrected chi connectivity index (χ4v) is 2.20. The molecule has 2 N–H and O–H groups in total. The second-order valence-electron chi connectivity index (χ2n) is 4.15. The fourth-order valence-electron chi connectivity index (χ4n) is 2.20. The van der Waals surface area contributed by atoms with Gasteiger partial charge in [-0.1, -0.05) is 30.3 Å². The number of anilines is 1. The Hall–Kier alpha value is -2.10. The summed E-state index contributed by atoms with van der Waals surface area (Å²) in [6.07, 6.45) is 1.81. The van der Waals surface area contributed by atoms with Gasteiger partial charge >= 0.3 is 0 Å². The molecule has 0 saturated carbocycles. The molecule has 0 aliphatic carbocycles. The predicted molar refractivity (Wildman–Crippen MR) is 67.1 cm³/mol. The lowest BCUT2D eigenvalue weighted by atomic mass is 10.0. The molecule has 2 heterocycles. The third-order valence-corrected chi connectivity index (χ3v) is 3.03. The molecule has 0 unspecified atom stereocenters. The Morgan fingerprint density at radius 3 is 2.82 bits per heavy atom. The molecule has 1 aliphatic heterocycles. The average Bonchev–Trinajstić information content (AvgIpc) is 2.41. The molecule has 1 aromatic heterocycles. The van der Waals surface area contributed by atoms with Crippen LogP contribution < -0.4 is 10.9 Å². The van der Waals surface area contributed by atoms with Crippen molar-refractivity contribution >= 4 is 5.69 Å². The molecular weight excluding hydrogens is 214 g/mol. The summed E-state index contributed by atoms with van der Waals surface area (Å²) in [4.78, 5) is 11.7. The largest absolute Gasteiger partial charge is 0.383 e. The van der Waals surface area contributed by atoms with E-state index in [2.05, 4.69) is 15.5 Å². The summed E-state index contributed by atoms with van der Waals surface area (Å²) in [5.41, 5.74) is 3.50. The summed E-state index contributed by atoms with van der Waals surface area (Å²) in [5.74, 6) is 0. The second kappa shape index (κ2) is 4.05. The van der Waals surface area contributed by atoms with Gasteiger partial charge in [-0.05, 0) is 12.8 Å². The van der Waals surface area contributed by atoms with E-state index in [4.69, 9.17) is 0 Å². The highest BCUT2D eigenvalue weighted by Gasteiger charge is 2.18. The number of nitrogens with zero attached hydrogens (tertiary/aromatic N) is 1. The number of hydrogen-bond acceptors (Lipinski definition) is 3. The van der Waals surface area contributed by atoms with Gasteiger partial charge in [0, 0.05) is 17.7 Å². The summed E-state index contributed by atoms with van der Waals surface area (Å²) in [6.45, 7) is 0.901. The van der Waals surface area contributed by atoms with Crippen molar-refractivity contribution in [1.82, 2.24) is 10.2 Å². The lowest BCUT2D eigenvalue weighted by Gasteiger charge is -2.19. The molecule has 3 rings (SSSR count). The Bertz CT molecular complexity index is 589. The molecule has 0 atom stereocenters. The first-order valence-corrected chi connectivity index (χ1v) is 5.77. The van der Waals surface area contributed by atoms with Gasteiger partial charge in [-0.15, -0.1) is 0 Å². The van der Waals surface area contributed by atoms with Gasteiger partial charge < -0.3 is 5.32 Å². The zero-order valence-corrected chi connectivity index (χ0v) is 9.36. The summed E-state index contributed by atoms with van der Waals surface area (Å²) in [7, 11) is 0. The maximum absolute atomic E-state index is 11.7. The molecule has 0 bridgehead atoms. The third-order valence-electron chi connectivity index (χ3n) is 3.03. The fraction of sp³-hybridized carbons (Fsp3) is 0.231. The molecule has 0 saturated heterocycles. The summed E-state index contributed by atoms with van der Waals surface area (Å²) >= 11 is 0. The van der Waals surface area contributed by atoms with Crippen LogP contribution in [0.5, 0.6) is 0 Å². The van der Waals surface area contributed by atoms with E-state index >= 15 is 0 Å². The van der Waals surface area contributed by atoms with Crippen molar-refractivity contribution in [2.75, 3.05) is 11.9 Å². The SMILES string of the molecule is O=c1[nH]nc(-c2ccccc2)c2c1CCCN2. The van der Waals surface area contributed by atoms with E-state index in [0.717, 1.165) is 41.9 Å². The number of aromatic nitrogens is 2. The molecule has 2 aromatic rings. The van der Waals surface area contributed by atoms with E-state index < -0.39 is 0 Å². The lowest BCUT2D eigenvalue weighted by molar-refractivity contribution is 0.799. The molecule has 4 heteroatoms. The minimum absolute atomic E-state index is 0.0770. The molecule has 86 valence electrons. The molecule has 0 radical (unpaired) electrons. The highest BCUT2D eigenvalue weighted by molar-refractivity contribution is 5.76.